The average Bonchev–Trinajstić information content (AvgIpc) is 2.57. The monoisotopic (exact) mass is 256 g/mol. The molecule has 1 aliphatic rings. The zero-order valence-corrected chi connectivity index (χ0v) is 11.6. The van der Waals surface area contributed by atoms with Crippen molar-refractivity contribution in [3.8, 4) is 0 Å². The van der Waals surface area contributed by atoms with E-state index in [1.54, 1.807) is 6.92 Å². The lowest BCUT2D eigenvalue weighted by Gasteiger charge is -2.27. The Morgan fingerprint density at radius 3 is 2.28 bits per heavy atom. The number of hydrogen-bond donors (Lipinski definition) is 4. The highest BCUT2D eigenvalue weighted by atomic mass is 16.1. The van der Waals surface area contributed by atoms with E-state index in [4.69, 9.17) is 5.73 Å². The van der Waals surface area contributed by atoms with Gasteiger partial charge >= 0.3 is 0 Å². The third kappa shape index (κ3) is 6.44. The molecule has 5 nitrogen and oxygen atoms in total. The van der Waals surface area contributed by atoms with Gasteiger partial charge in [0.05, 0.1) is 12.2 Å². The summed E-state index contributed by atoms with van der Waals surface area (Å²) in [6, 6.07) is 0.364. The summed E-state index contributed by atoms with van der Waals surface area (Å²) in [5.74, 6) is 0. The van der Waals surface area contributed by atoms with Crippen LogP contribution in [0.3, 0.4) is 0 Å². The van der Waals surface area contributed by atoms with Crippen LogP contribution in [0.15, 0.2) is 0 Å². The van der Waals surface area contributed by atoms with Crippen molar-refractivity contribution >= 4 is 6.29 Å². The molecule has 3 atom stereocenters. The first-order chi connectivity index (χ1) is 8.61. The van der Waals surface area contributed by atoms with Gasteiger partial charge in [0.1, 0.15) is 12.6 Å². The molecule has 1 rings (SSSR count). The van der Waals surface area contributed by atoms with Crippen molar-refractivity contribution in [2.45, 2.75) is 76.9 Å². The van der Waals surface area contributed by atoms with Gasteiger partial charge in [-0.1, -0.05) is 25.7 Å². The number of nitrogens with one attached hydrogen (secondary N) is 3. The molecule has 3 unspecified atom stereocenters. The highest BCUT2D eigenvalue weighted by Gasteiger charge is 2.16. The molecule has 1 fully saturated rings. The van der Waals surface area contributed by atoms with Crippen LogP contribution < -0.4 is 21.7 Å². The standard InChI is InChI=1S/C13H28N4O/c1-10(9-18)15-13(14)17-11(2)16-12-7-5-3-4-6-8-12/h9-13,15-17H,3-8,14H2,1-2H3. The second-order valence-corrected chi connectivity index (χ2v) is 5.31. The van der Waals surface area contributed by atoms with E-state index in [0.717, 1.165) is 6.29 Å². The zero-order chi connectivity index (χ0) is 13.4. The summed E-state index contributed by atoms with van der Waals surface area (Å²) in [6.45, 7) is 3.86. The minimum Gasteiger partial charge on any atom is -0.304 e. The minimum absolute atomic E-state index is 0.148. The molecule has 1 saturated carbocycles. The lowest BCUT2D eigenvalue weighted by Crippen LogP contribution is -2.59. The van der Waals surface area contributed by atoms with Gasteiger partial charge in [-0.15, -0.1) is 0 Å². The number of carbonyl (C=O) groups is 1. The molecule has 0 spiro atoms. The van der Waals surface area contributed by atoms with Crippen molar-refractivity contribution in [1.29, 1.82) is 0 Å². The molecule has 0 amide bonds. The molecule has 106 valence electrons. The molecule has 0 aromatic carbocycles. The van der Waals surface area contributed by atoms with Crippen molar-refractivity contribution < 1.29 is 4.79 Å². The maximum Gasteiger partial charge on any atom is 0.136 e. The predicted octanol–water partition coefficient (Wildman–Crippen LogP) is 0.654. The van der Waals surface area contributed by atoms with E-state index >= 15 is 0 Å². The van der Waals surface area contributed by atoms with Crippen LogP contribution in [-0.4, -0.2) is 30.8 Å². The average molecular weight is 256 g/mol. The number of aldehydes is 1. The van der Waals surface area contributed by atoms with Crippen molar-refractivity contribution in [3.63, 3.8) is 0 Å². The number of carbonyl (C=O) groups excluding carboxylic acids is 1. The SMILES string of the molecule is CC(C=O)NC(N)NC(C)NC1CCCCCC1. The Morgan fingerprint density at radius 1 is 1.11 bits per heavy atom. The van der Waals surface area contributed by atoms with E-state index in [1.165, 1.54) is 38.5 Å². The molecule has 0 radical (unpaired) electrons. The molecule has 0 aromatic rings. The van der Waals surface area contributed by atoms with Crippen LogP contribution in [0.5, 0.6) is 0 Å². The lowest BCUT2D eigenvalue weighted by atomic mass is 10.1. The second-order valence-electron chi connectivity index (χ2n) is 5.31. The van der Waals surface area contributed by atoms with Gasteiger partial charge in [-0.05, 0) is 26.7 Å². The van der Waals surface area contributed by atoms with Gasteiger partial charge in [0, 0.05) is 6.04 Å². The molecule has 0 aromatic heterocycles. The molecule has 0 heterocycles. The summed E-state index contributed by atoms with van der Waals surface area (Å²) in [5, 5.41) is 9.74. The first-order valence-electron chi connectivity index (χ1n) is 7.11. The zero-order valence-electron chi connectivity index (χ0n) is 11.6. The van der Waals surface area contributed by atoms with E-state index in [9.17, 15) is 4.79 Å². The van der Waals surface area contributed by atoms with E-state index in [0.29, 0.717) is 6.04 Å². The minimum atomic E-state index is -0.363. The molecule has 5 heteroatoms. The largest absolute Gasteiger partial charge is 0.304 e. The number of hydrogen-bond acceptors (Lipinski definition) is 5. The molecular weight excluding hydrogens is 228 g/mol. The Kier molecular flexibility index (Phi) is 7.42. The Morgan fingerprint density at radius 2 is 1.72 bits per heavy atom. The van der Waals surface area contributed by atoms with Gasteiger partial charge in [0.25, 0.3) is 0 Å². The molecule has 5 N–H and O–H groups in total. The van der Waals surface area contributed by atoms with Gasteiger partial charge in [-0.25, -0.2) is 0 Å². The highest BCUT2D eigenvalue weighted by molar-refractivity contribution is 5.56. The molecule has 18 heavy (non-hydrogen) atoms. The summed E-state index contributed by atoms with van der Waals surface area (Å²) in [7, 11) is 0. The highest BCUT2D eigenvalue weighted by Crippen LogP contribution is 2.17. The summed E-state index contributed by atoms with van der Waals surface area (Å²) in [5.41, 5.74) is 5.87. The van der Waals surface area contributed by atoms with Gasteiger partial charge in [0.15, 0.2) is 0 Å². The third-order valence-corrected chi connectivity index (χ3v) is 3.42. The van der Waals surface area contributed by atoms with Crippen LogP contribution in [0.2, 0.25) is 0 Å². The molecular formula is C13H28N4O. The Balaban J connectivity index is 2.22. The van der Waals surface area contributed by atoms with Crippen molar-refractivity contribution in [2.24, 2.45) is 5.73 Å². The maximum absolute atomic E-state index is 10.5. The van der Waals surface area contributed by atoms with E-state index < -0.39 is 0 Å². The van der Waals surface area contributed by atoms with Gasteiger partial charge in [-0.3, -0.25) is 16.0 Å². The smallest absolute Gasteiger partial charge is 0.136 e. The third-order valence-electron chi connectivity index (χ3n) is 3.42. The Labute approximate surface area is 110 Å². The lowest BCUT2D eigenvalue weighted by molar-refractivity contribution is -0.109. The first kappa shape index (κ1) is 15.6. The van der Waals surface area contributed by atoms with Crippen molar-refractivity contribution in [2.75, 3.05) is 0 Å². The Hall–Kier alpha value is -0.490. The van der Waals surface area contributed by atoms with Crippen molar-refractivity contribution in [3.05, 3.63) is 0 Å². The van der Waals surface area contributed by atoms with Gasteiger partial charge in [-0.2, -0.15) is 0 Å². The summed E-state index contributed by atoms with van der Waals surface area (Å²) >= 11 is 0. The van der Waals surface area contributed by atoms with E-state index in [1.807, 2.05) is 0 Å². The van der Waals surface area contributed by atoms with Gasteiger partial charge < -0.3 is 10.5 Å². The fraction of sp³-hybridized carbons (Fsp3) is 0.923. The predicted molar refractivity (Wildman–Crippen MR) is 73.9 cm³/mol. The van der Waals surface area contributed by atoms with E-state index in [-0.39, 0.29) is 18.5 Å². The topological polar surface area (TPSA) is 79.2 Å². The van der Waals surface area contributed by atoms with Crippen LogP contribution in [0.4, 0.5) is 0 Å². The van der Waals surface area contributed by atoms with Crippen molar-refractivity contribution in [1.82, 2.24) is 16.0 Å². The summed E-state index contributed by atoms with van der Waals surface area (Å²) < 4.78 is 0. The maximum atomic E-state index is 10.5. The fourth-order valence-corrected chi connectivity index (χ4v) is 2.49. The van der Waals surface area contributed by atoms with Crippen LogP contribution in [0.25, 0.3) is 0 Å². The van der Waals surface area contributed by atoms with E-state index in [2.05, 4.69) is 22.9 Å². The van der Waals surface area contributed by atoms with Crippen LogP contribution in [-0.2, 0) is 4.79 Å². The quantitative estimate of drug-likeness (QED) is 0.306. The molecule has 0 saturated heterocycles. The van der Waals surface area contributed by atoms with Crippen LogP contribution in [0, 0.1) is 0 Å². The second kappa shape index (κ2) is 8.58. The Bertz CT molecular complexity index is 229. The molecule has 0 bridgehead atoms. The number of nitrogens with two attached hydrogens (primary N) is 1. The normalized spacial score (nSPS) is 23.1. The van der Waals surface area contributed by atoms with Gasteiger partial charge in [0.2, 0.25) is 0 Å². The summed E-state index contributed by atoms with van der Waals surface area (Å²) in [6.07, 6.45) is 8.49. The first-order valence-corrected chi connectivity index (χ1v) is 7.11. The molecule has 1 aliphatic carbocycles. The van der Waals surface area contributed by atoms with Crippen LogP contribution >= 0.6 is 0 Å². The molecule has 0 aliphatic heterocycles. The fourth-order valence-electron chi connectivity index (χ4n) is 2.49. The number of rotatable bonds is 7. The summed E-state index contributed by atoms with van der Waals surface area (Å²) in [4.78, 5) is 10.5. The van der Waals surface area contributed by atoms with Crippen LogP contribution in [0.1, 0.15) is 52.4 Å².